The molecule has 0 aliphatic heterocycles. The smallest absolute Gasteiger partial charge is 0.0499 e. The van der Waals surface area contributed by atoms with Crippen LogP contribution in [0.25, 0.3) is 0 Å². The fraction of sp³-hybridized carbons (Fsp3) is 0.818. The number of rotatable bonds is 4. The van der Waals surface area contributed by atoms with E-state index in [1.807, 2.05) is 0 Å². The Hall–Kier alpha value is 0.180. The summed E-state index contributed by atoms with van der Waals surface area (Å²) in [6, 6.07) is 0. The van der Waals surface area contributed by atoms with Gasteiger partial charge < -0.3 is 5.11 Å². The summed E-state index contributed by atoms with van der Waals surface area (Å²) in [5, 5.41) is 10.1. The van der Waals surface area contributed by atoms with Gasteiger partial charge in [0.1, 0.15) is 0 Å². The Kier molecular flexibility index (Phi) is 5.04. The molecule has 76 valence electrons. The third-order valence-corrected chi connectivity index (χ3v) is 3.83. The molecule has 0 amide bonds. The second kappa shape index (κ2) is 5.82. The minimum Gasteiger partial charge on any atom is -0.396 e. The summed E-state index contributed by atoms with van der Waals surface area (Å²) in [6.45, 7) is 4.29. The predicted octanol–water partition coefficient (Wildman–Crippen LogP) is 3.13. The molecule has 1 saturated carbocycles. The van der Waals surface area contributed by atoms with Gasteiger partial charge in [-0.05, 0) is 18.8 Å². The maximum Gasteiger partial charge on any atom is 0.0499 e. The van der Waals surface area contributed by atoms with Crippen molar-refractivity contribution in [3.8, 4) is 0 Å². The van der Waals surface area contributed by atoms with E-state index >= 15 is 0 Å². The van der Waals surface area contributed by atoms with E-state index in [-0.39, 0.29) is 6.61 Å². The van der Waals surface area contributed by atoms with Gasteiger partial charge in [-0.3, -0.25) is 0 Å². The number of hydrogen-bond donors (Lipinski definition) is 1. The van der Waals surface area contributed by atoms with Crippen LogP contribution in [0.1, 0.15) is 32.1 Å². The van der Waals surface area contributed by atoms with Crippen molar-refractivity contribution >= 4 is 15.9 Å². The number of hydrogen-bond acceptors (Lipinski definition) is 1. The van der Waals surface area contributed by atoms with Crippen molar-refractivity contribution in [1.82, 2.24) is 0 Å². The Labute approximate surface area is 89.4 Å². The van der Waals surface area contributed by atoms with Crippen LogP contribution < -0.4 is 0 Å². The van der Waals surface area contributed by atoms with E-state index in [1.54, 1.807) is 0 Å². The average molecular weight is 247 g/mol. The Bertz CT molecular complexity index is 161. The molecule has 1 unspecified atom stereocenters. The quantitative estimate of drug-likeness (QED) is 0.597. The number of halogens is 1. The largest absolute Gasteiger partial charge is 0.396 e. The van der Waals surface area contributed by atoms with Crippen LogP contribution in [0.15, 0.2) is 12.2 Å². The van der Waals surface area contributed by atoms with Crippen LogP contribution in [-0.2, 0) is 0 Å². The van der Waals surface area contributed by atoms with Crippen molar-refractivity contribution in [3.63, 3.8) is 0 Å². The molecule has 0 bridgehead atoms. The summed E-state index contributed by atoms with van der Waals surface area (Å²) in [5.41, 5.74) is 1.16. The third-order valence-electron chi connectivity index (χ3n) is 3.11. The average Bonchev–Trinajstić information content (AvgIpc) is 2.20. The summed E-state index contributed by atoms with van der Waals surface area (Å²) in [5.74, 6) is 1.02. The molecular weight excluding hydrogens is 228 g/mol. The number of aliphatic hydroxyl groups excluding tert-OH is 1. The summed E-state index contributed by atoms with van der Waals surface area (Å²) in [4.78, 5) is 0. The molecule has 0 saturated heterocycles. The maximum absolute atomic E-state index is 9.30. The standard InChI is InChI=1S/C11H19BrO/c1-9(7-12)11(8-13)10-5-3-2-4-6-10/h10-11,13H,1-8H2. The molecular formula is C11H19BrO. The molecule has 1 N–H and O–H groups in total. The highest BCUT2D eigenvalue weighted by atomic mass is 79.9. The Morgan fingerprint density at radius 1 is 1.38 bits per heavy atom. The molecule has 0 aromatic heterocycles. The van der Waals surface area contributed by atoms with Gasteiger partial charge in [-0.15, -0.1) is 0 Å². The second-order valence-electron chi connectivity index (χ2n) is 3.98. The van der Waals surface area contributed by atoms with Crippen LogP contribution in [0.2, 0.25) is 0 Å². The van der Waals surface area contributed by atoms with E-state index < -0.39 is 0 Å². The van der Waals surface area contributed by atoms with Gasteiger partial charge in [-0.25, -0.2) is 0 Å². The number of alkyl halides is 1. The minimum absolute atomic E-state index is 0.273. The first-order valence-electron chi connectivity index (χ1n) is 5.14. The molecule has 13 heavy (non-hydrogen) atoms. The van der Waals surface area contributed by atoms with Crippen LogP contribution in [0.5, 0.6) is 0 Å². The molecule has 0 aromatic carbocycles. The fourth-order valence-electron chi connectivity index (χ4n) is 2.25. The fourth-order valence-corrected chi connectivity index (χ4v) is 2.66. The Balaban J connectivity index is 2.48. The molecule has 0 aromatic rings. The molecule has 1 atom stereocenters. The first kappa shape index (κ1) is 11.3. The molecule has 1 aliphatic rings. The van der Waals surface area contributed by atoms with E-state index in [9.17, 15) is 5.11 Å². The van der Waals surface area contributed by atoms with Crippen LogP contribution in [-0.4, -0.2) is 17.0 Å². The Morgan fingerprint density at radius 2 is 2.00 bits per heavy atom. The zero-order chi connectivity index (χ0) is 9.68. The van der Waals surface area contributed by atoms with Gasteiger partial charge >= 0.3 is 0 Å². The van der Waals surface area contributed by atoms with Gasteiger partial charge in [0.2, 0.25) is 0 Å². The van der Waals surface area contributed by atoms with E-state index in [2.05, 4.69) is 22.5 Å². The van der Waals surface area contributed by atoms with Gasteiger partial charge in [-0.2, -0.15) is 0 Å². The van der Waals surface area contributed by atoms with Crippen molar-refractivity contribution in [2.24, 2.45) is 11.8 Å². The normalized spacial score (nSPS) is 21.4. The van der Waals surface area contributed by atoms with Gasteiger partial charge in [0, 0.05) is 17.9 Å². The zero-order valence-electron chi connectivity index (χ0n) is 8.14. The SMILES string of the molecule is C=C(CBr)C(CO)C1CCCCC1. The van der Waals surface area contributed by atoms with Gasteiger partial charge in [0.05, 0.1) is 0 Å². The first-order chi connectivity index (χ1) is 6.29. The van der Waals surface area contributed by atoms with Crippen molar-refractivity contribution in [3.05, 3.63) is 12.2 Å². The molecule has 0 spiro atoms. The molecule has 0 radical (unpaired) electrons. The predicted molar refractivity (Wildman–Crippen MR) is 60.1 cm³/mol. The summed E-state index contributed by atoms with van der Waals surface area (Å²) in [6.07, 6.45) is 6.58. The van der Waals surface area contributed by atoms with E-state index in [0.717, 1.165) is 10.9 Å². The van der Waals surface area contributed by atoms with Crippen molar-refractivity contribution < 1.29 is 5.11 Å². The zero-order valence-corrected chi connectivity index (χ0v) is 9.72. The molecule has 2 heteroatoms. The molecule has 0 heterocycles. The van der Waals surface area contributed by atoms with Crippen molar-refractivity contribution in [2.75, 3.05) is 11.9 Å². The highest BCUT2D eigenvalue weighted by Gasteiger charge is 2.24. The third kappa shape index (κ3) is 3.10. The van der Waals surface area contributed by atoms with Crippen LogP contribution in [0.4, 0.5) is 0 Å². The Morgan fingerprint density at radius 3 is 2.46 bits per heavy atom. The number of aliphatic hydroxyl groups is 1. The maximum atomic E-state index is 9.30. The lowest BCUT2D eigenvalue weighted by atomic mass is 9.78. The van der Waals surface area contributed by atoms with Gasteiger partial charge in [0.25, 0.3) is 0 Å². The first-order valence-corrected chi connectivity index (χ1v) is 6.26. The lowest BCUT2D eigenvalue weighted by Crippen LogP contribution is -2.23. The molecule has 1 rings (SSSR count). The highest BCUT2D eigenvalue weighted by molar-refractivity contribution is 9.09. The van der Waals surface area contributed by atoms with Gasteiger partial charge in [0.15, 0.2) is 0 Å². The molecule has 1 fully saturated rings. The summed E-state index contributed by atoms with van der Waals surface area (Å²) >= 11 is 3.41. The van der Waals surface area contributed by atoms with Crippen molar-refractivity contribution in [2.45, 2.75) is 32.1 Å². The minimum atomic E-state index is 0.273. The van der Waals surface area contributed by atoms with Crippen LogP contribution >= 0.6 is 15.9 Å². The lowest BCUT2D eigenvalue weighted by Gasteiger charge is -2.29. The second-order valence-corrected chi connectivity index (χ2v) is 4.54. The van der Waals surface area contributed by atoms with Crippen LogP contribution in [0, 0.1) is 11.8 Å². The summed E-state index contributed by atoms with van der Waals surface area (Å²) < 4.78 is 0. The van der Waals surface area contributed by atoms with Crippen LogP contribution in [0.3, 0.4) is 0 Å². The lowest BCUT2D eigenvalue weighted by molar-refractivity contribution is 0.172. The summed E-state index contributed by atoms with van der Waals surface area (Å²) in [7, 11) is 0. The molecule has 1 aliphatic carbocycles. The molecule has 1 nitrogen and oxygen atoms in total. The van der Waals surface area contributed by atoms with E-state index in [4.69, 9.17) is 0 Å². The topological polar surface area (TPSA) is 20.2 Å². The van der Waals surface area contributed by atoms with E-state index in [0.29, 0.717) is 11.8 Å². The van der Waals surface area contributed by atoms with E-state index in [1.165, 1.54) is 32.1 Å². The van der Waals surface area contributed by atoms with Gasteiger partial charge in [-0.1, -0.05) is 47.3 Å². The monoisotopic (exact) mass is 246 g/mol. The highest BCUT2D eigenvalue weighted by Crippen LogP contribution is 2.33. The van der Waals surface area contributed by atoms with Crippen molar-refractivity contribution in [1.29, 1.82) is 0 Å².